The molecular weight excluding hydrogens is 301 g/mol. The zero-order valence-electron chi connectivity index (χ0n) is 13.4. The third-order valence-corrected chi connectivity index (χ3v) is 4.42. The fraction of sp³-hybridized carbons (Fsp3) is 0.667. The van der Waals surface area contributed by atoms with Crippen molar-refractivity contribution in [3.63, 3.8) is 0 Å². The largest absolute Gasteiger partial charge is 0.313 e. The van der Waals surface area contributed by atoms with E-state index in [0.29, 0.717) is 16.1 Å². The van der Waals surface area contributed by atoms with Gasteiger partial charge in [-0.05, 0) is 37.2 Å². The van der Waals surface area contributed by atoms with Crippen molar-refractivity contribution in [3.05, 3.63) is 33.8 Å². The predicted molar refractivity (Wildman–Crippen MR) is 95.5 cm³/mol. The Hall–Kier alpha value is -0.240. The molecule has 0 aromatic heterocycles. The minimum Gasteiger partial charge on any atom is -0.313 e. The van der Waals surface area contributed by atoms with Crippen molar-refractivity contribution in [2.75, 3.05) is 7.05 Å². The quantitative estimate of drug-likeness (QED) is 0.441. The second-order valence-electron chi connectivity index (χ2n) is 5.81. The van der Waals surface area contributed by atoms with Crippen LogP contribution in [0.1, 0.15) is 76.3 Å². The van der Waals surface area contributed by atoms with E-state index in [-0.39, 0.29) is 0 Å². The van der Waals surface area contributed by atoms with Crippen LogP contribution >= 0.6 is 23.2 Å². The second kappa shape index (κ2) is 11.3. The molecule has 0 bridgehead atoms. The molecule has 0 amide bonds. The summed E-state index contributed by atoms with van der Waals surface area (Å²) in [5.41, 5.74) is 1.19. The fourth-order valence-corrected chi connectivity index (χ4v) is 3.28. The molecule has 120 valence electrons. The van der Waals surface area contributed by atoms with E-state index in [9.17, 15) is 0 Å². The van der Waals surface area contributed by atoms with Crippen molar-refractivity contribution in [1.82, 2.24) is 5.32 Å². The molecule has 0 saturated carbocycles. The van der Waals surface area contributed by atoms with Crippen molar-refractivity contribution in [1.29, 1.82) is 0 Å². The number of benzene rings is 1. The number of nitrogens with one attached hydrogen (secondary N) is 1. The first-order chi connectivity index (χ1) is 10.2. The Morgan fingerprint density at radius 1 is 0.857 bits per heavy atom. The number of rotatable bonds is 11. The highest BCUT2D eigenvalue weighted by molar-refractivity contribution is 6.34. The van der Waals surface area contributed by atoms with E-state index < -0.39 is 0 Å². The van der Waals surface area contributed by atoms with Crippen LogP contribution in [-0.2, 0) is 0 Å². The van der Waals surface area contributed by atoms with Crippen LogP contribution in [0.25, 0.3) is 0 Å². The van der Waals surface area contributed by atoms with Gasteiger partial charge in [-0.3, -0.25) is 0 Å². The molecule has 0 aliphatic rings. The lowest BCUT2D eigenvalue weighted by Gasteiger charge is -2.17. The van der Waals surface area contributed by atoms with E-state index in [0.717, 1.165) is 6.42 Å². The average molecular weight is 330 g/mol. The van der Waals surface area contributed by atoms with Gasteiger partial charge in [-0.2, -0.15) is 0 Å². The Balaban J connectivity index is 2.25. The Kier molecular flexibility index (Phi) is 10.2. The Morgan fingerprint density at radius 3 is 1.90 bits per heavy atom. The SMILES string of the molecule is CCCCCCCCCCC(NC)c1cc(Cl)cc(Cl)c1. The van der Waals surface area contributed by atoms with Crippen LogP contribution in [0, 0.1) is 0 Å². The Morgan fingerprint density at radius 2 is 1.38 bits per heavy atom. The van der Waals surface area contributed by atoms with Gasteiger partial charge < -0.3 is 5.32 Å². The van der Waals surface area contributed by atoms with E-state index in [1.807, 2.05) is 19.2 Å². The summed E-state index contributed by atoms with van der Waals surface area (Å²) in [5.74, 6) is 0. The van der Waals surface area contributed by atoms with Crippen LogP contribution in [-0.4, -0.2) is 7.05 Å². The number of hydrogen-bond acceptors (Lipinski definition) is 1. The van der Waals surface area contributed by atoms with Gasteiger partial charge in [0.2, 0.25) is 0 Å². The molecule has 21 heavy (non-hydrogen) atoms. The van der Waals surface area contributed by atoms with Crippen LogP contribution in [0.15, 0.2) is 18.2 Å². The summed E-state index contributed by atoms with van der Waals surface area (Å²) in [5, 5.41) is 4.81. The predicted octanol–water partition coefficient (Wildman–Crippen LogP) is 6.78. The van der Waals surface area contributed by atoms with E-state index >= 15 is 0 Å². The maximum atomic E-state index is 6.08. The van der Waals surface area contributed by atoms with Crippen LogP contribution in [0.2, 0.25) is 10.0 Å². The fourth-order valence-electron chi connectivity index (χ4n) is 2.74. The minimum atomic E-state index is 0.348. The zero-order chi connectivity index (χ0) is 15.5. The van der Waals surface area contributed by atoms with Gasteiger partial charge in [-0.25, -0.2) is 0 Å². The molecule has 1 aromatic carbocycles. The lowest BCUT2D eigenvalue weighted by Crippen LogP contribution is -2.16. The van der Waals surface area contributed by atoms with Crippen LogP contribution in [0.5, 0.6) is 0 Å². The van der Waals surface area contributed by atoms with Gasteiger partial charge in [0, 0.05) is 16.1 Å². The first-order valence-corrected chi connectivity index (χ1v) is 9.06. The molecule has 1 aromatic rings. The molecule has 1 atom stereocenters. The van der Waals surface area contributed by atoms with E-state index in [1.54, 1.807) is 6.07 Å². The standard InChI is InChI=1S/C18H29Cl2N/c1-3-4-5-6-7-8-9-10-11-18(21-2)15-12-16(19)14-17(20)13-15/h12-14,18,21H,3-11H2,1-2H3. The number of hydrogen-bond donors (Lipinski definition) is 1. The Labute approximate surface area is 140 Å². The van der Waals surface area contributed by atoms with Gasteiger partial charge in [0.25, 0.3) is 0 Å². The molecular formula is C18H29Cl2N. The topological polar surface area (TPSA) is 12.0 Å². The summed E-state index contributed by atoms with van der Waals surface area (Å²) in [6, 6.07) is 6.16. The van der Waals surface area contributed by atoms with Crippen molar-refractivity contribution < 1.29 is 0 Å². The second-order valence-corrected chi connectivity index (χ2v) is 6.68. The van der Waals surface area contributed by atoms with Gasteiger partial charge >= 0.3 is 0 Å². The maximum absolute atomic E-state index is 6.08. The van der Waals surface area contributed by atoms with E-state index in [1.165, 1.54) is 56.9 Å². The number of halogens is 2. The van der Waals surface area contributed by atoms with Crippen molar-refractivity contribution in [2.45, 2.75) is 70.8 Å². The average Bonchev–Trinajstić information content (AvgIpc) is 2.44. The Bertz CT molecular complexity index is 373. The summed E-state index contributed by atoms with van der Waals surface area (Å²) in [7, 11) is 2.00. The molecule has 1 N–H and O–H groups in total. The van der Waals surface area contributed by atoms with Gasteiger partial charge in [0.1, 0.15) is 0 Å². The first-order valence-electron chi connectivity index (χ1n) is 8.30. The monoisotopic (exact) mass is 329 g/mol. The molecule has 0 aliphatic carbocycles. The molecule has 1 nitrogen and oxygen atoms in total. The van der Waals surface area contributed by atoms with Crippen molar-refractivity contribution in [2.24, 2.45) is 0 Å². The highest BCUT2D eigenvalue weighted by Gasteiger charge is 2.10. The van der Waals surface area contributed by atoms with Gasteiger partial charge in [-0.15, -0.1) is 0 Å². The highest BCUT2D eigenvalue weighted by Crippen LogP contribution is 2.26. The zero-order valence-corrected chi connectivity index (χ0v) is 14.9. The minimum absolute atomic E-state index is 0.348. The number of unbranched alkanes of at least 4 members (excludes halogenated alkanes) is 7. The lowest BCUT2D eigenvalue weighted by atomic mass is 9.99. The summed E-state index contributed by atoms with van der Waals surface area (Å²) < 4.78 is 0. The lowest BCUT2D eigenvalue weighted by molar-refractivity contribution is 0.494. The molecule has 0 fully saturated rings. The van der Waals surface area contributed by atoms with Crippen LogP contribution in [0.4, 0.5) is 0 Å². The molecule has 1 unspecified atom stereocenters. The van der Waals surface area contributed by atoms with E-state index in [4.69, 9.17) is 23.2 Å². The van der Waals surface area contributed by atoms with Crippen molar-refractivity contribution in [3.8, 4) is 0 Å². The first kappa shape index (κ1) is 18.8. The smallest absolute Gasteiger partial charge is 0.0424 e. The summed E-state index contributed by atoms with van der Waals surface area (Å²) in [4.78, 5) is 0. The molecule has 3 heteroatoms. The summed E-state index contributed by atoms with van der Waals surface area (Å²) in [6.07, 6.45) is 12.0. The van der Waals surface area contributed by atoms with Gasteiger partial charge in [-0.1, -0.05) is 81.5 Å². The highest BCUT2D eigenvalue weighted by atomic mass is 35.5. The van der Waals surface area contributed by atoms with Gasteiger partial charge in [0.05, 0.1) is 0 Å². The third-order valence-electron chi connectivity index (χ3n) is 3.98. The summed E-state index contributed by atoms with van der Waals surface area (Å²) in [6.45, 7) is 2.26. The maximum Gasteiger partial charge on any atom is 0.0424 e. The van der Waals surface area contributed by atoms with Gasteiger partial charge in [0.15, 0.2) is 0 Å². The molecule has 0 saturated heterocycles. The molecule has 1 rings (SSSR count). The van der Waals surface area contributed by atoms with Crippen LogP contribution < -0.4 is 5.32 Å². The molecule has 0 spiro atoms. The third kappa shape index (κ3) is 8.09. The molecule has 0 radical (unpaired) electrons. The molecule has 0 aliphatic heterocycles. The van der Waals surface area contributed by atoms with Crippen LogP contribution in [0.3, 0.4) is 0 Å². The normalized spacial score (nSPS) is 12.6. The summed E-state index contributed by atoms with van der Waals surface area (Å²) >= 11 is 12.2. The van der Waals surface area contributed by atoms with E-state index in [2.05, 4.69) is 12.2 Å². The van der Waals surface area contributed by atoms with Crippen molar-refractivity contribution >= 4 is 23.2 Å². The molecule has 0 heterocycles.